The molecule has 1 aromatic heterocycles. The van der Waals surface area contributed by atoms with Crippen LogP contribution in [0.4, 0.5) is 0 Å². The highest BCUT2D eigenvalue weighted by atomic mass is 35.5. The van der Waals surface area contributed by atoms with Gasteiger partial charge in [-0.1, -0.05) is 71.4 Å². The molecule has 3 aromatic carbocycles. The summed E-state index contributed by atoms with van der Waals surface area (Å²) >= 11 is 5.91. The van der Waals surface area contributed by atoms with Gasteiger partial charge in [0.25, 0.3) is 5.89 Å². The third-order valence-electron chi connectivity index (χ3n) is 3.98. The minimum atomic E-state index is 0.531. The Kier molecular flexibility index (Phi) is 4.32. The molecule has 3 nitrogen and oxygen atoms in total. The number of rotatable bonds is 4. The van der Waals surface area contributed by atoms with E-state index in [1.165, 1.54) is 5.56 Å². The summed E-state index contributed by atoms with van der Waals surface area (Å²) in [6.45, 7) is 0. The van der Waals surface area contributed by atoms with E-state index in [2.05, 4.69) is 34.4 Å². The molecule has 0 amide bonds. The molecule has 0 fully saturated rings. The Morgan fingerprint density at radius 1 is 0.720 bits per heavy atom. The first-order chi connectivity index (χ1) is 12.3. The summed E-state index contributed by atoms with van der Waals surface area (Å²) in [5.41, 5.74) is 4.35. The maximum atomic E-state index is 5.91. The Balaban J connectivity index is 1.52. The molecule has 4 heteroatoms. The Morgan fingerprint density at radius 3 is 2.08 bits per heavy atom. The third-order valence-corrected chi connectivity index (χ3v) is 4.23. The second-order valence-electron chi connectivity index (χ2n) is 5.76. The standard InChI is InChI=1S/C21H15ClN2O/c22-19-12-6-15(7-13-19)14-20-23-21(25-24-20)18-10-8-17(9-11-18)16-4-2-1-3-5-16/h1-13H,14H2. The lowest BCUT2D eigenvalue weighted by Crippen LogP contribution is -1.90. The monoisotopic (exact) mass is 346 g/mol. The third kappa shape index (κ3) is 3.62. The fourth-order valence-corrected chi connectivity index (χ4v) is 2.79. The minimum absolute atomic E-state index is 0.531. The second kappa shape index (κ2) is 6.91. The van der Waals surface area contributed by atoms with Crippen molar-refractivity contribution in [2.75, 3.05) is 0 Å². The molecule has 0 radical (unpaired) electrons. The molecule has 0 aliphatic heterocycles. The van der Waals surface area contributed by atoms with Crippen LogP contribution in [0.3, 0.4) is 0 Å². The number of halogens is 1. The predicted molar refractivity (Wildman–Crippen MR) is 99.4 cm³/mol. The molecule has 0 N–H and O–H groups in total. The van der Waals surface area contributed by atoms with Gasteiger partial charge in [-0.25, -0.2) is 0 Å². The lowest BCUT2D eigenvalue weighted by atomic mass is 10.0. The molecular formula is C21H15ClN2O. The number of aromatic nitrogens is 2. The summed E-state index contributed by atoms with van der Waals surface area (Å²) in [7, 11) is 0. The first-order valence-electron chi connectivity index (χ1n) is 8.01. The molecule has 1 heterocycles. The van der Waals surface area contributed by atoms with Gasteiger partial charge >= 0.3 is 0 Å². The number of hydrogen-bond donors (Lipinski definition) is 0. The van der Waals surface area contributed by atoms with Crippen LogP contribution in [-0.2, 0) is 6.42 Å². The molecule has 0 bridgehead atoms. The van der Waals surface area contributed by atoms with Gasteiger partial charge in [0, 0.05) is 17.0 Å². The van der Waals surface area contributed by atoms with Crippen LogP contribution in [0, 0.1) is 0 Å². The largest absolute Gasteiger partial charge is 0.334 e. The SMILES string of the molecule is Clc1ccc(Cc2noc(-c3ccc(-c4ccccc4)cc3)n2)cc1. The summed E-state index contributed by atoms with van der Waals surface area (Å²) in [6.07, 6.45) is 0.614. The van der Waals surface area contributed by atoms with E-state index >= 15 is 0 Å². The zero-order valence-electron chi connectivity index (χ0n) is 13.4. The van der Waals surface area contributed by atoms with Crippen molar-refractivity contribution in [3.8, 4) is 22.6 Å². The van der Waals surface area contributed by atoms with Crippen molar-refractivity contribution in [2.45, 2.75) is 6.42 Å². The van der Waals surface area contributed by atoms with E-state index in [1.807, 2.05) is 54.6 Å². The van der Waals surface area contributed by atoms with Crippen LogP contribution in [0.25, 0.3) is 22.6 Å². The van der Waals surface area contributed by atoms with E-state index in [4.69, 9.17) is 16.1 Å². The first kappa shape index (κ1) is 15.6. The lowest BCUT2D eigenvalue weighted by molar-refractivity contribution is 0.424. The molecule has 25 heavy (non-hydrogen) atoms. The van der Waals surface area contributed by atoms with E-state index in [0.717, 1.165) is 21.7 Å². The van der Waals surface area contributed by atoms with Crippen LogP contribution in [0.5, 0.6) is 0 Å². The van der Waals surface area contributed by atoms with Crippen molar-refractivity contribution in [2.24, 2.45) is 0 Å². The minimum Gasteiger partial charge on any atom is -0.334 e. The highest BCUT2D eigenvalue weighted by Gasteiger charge is 2.10. The lowest BCUT2D eigenvalue weighted by Gasteiger charge is -2.01. The molecular weight excluding hydrogens is 332 g/mol. The van der Waals surface area contributed by atoms with E-state index in [0.29, 0.717) is 18.1 Å². The van der Waals surface area contributed by atoms with Crippen LogP contribution in [0.2, 0.25) is 5.02 Å². The van der Waals surface area contributed by atoms with E-state index in [-0.39, 0.29) is 0 Å². The first-order valence-corrected chi connectivity index (χ1v) is 8.38. The van der Waals surface area contributed by atoms with Crippen LogP contribution in [0.1, 0.15) is 11.4 Å². The fraction of sp³-hybridized carbons (Fsp3) is 0.0476. The quantitative estimate of drug-likeness (QED) is 0.479. The summed E-state index contributed by atoms with van der Waals surface area (Å²) in [6, 6.07) is 26.0. The smallest absolute Gasteiger partial charge is 0.257 e. The van der Waals surface area contributed by atoms with Crippen molar-refractivity contribution in [3.05, 3.63) is 95.3 Å². The van der Waals surface area contributed by atoms with Gasteiger partial charge in [0.15, 0.2) is 5.82 Å². The van der Waals surface area contributed by atoms with E-state index in [9.17, 15) is 0 Å². The number of hydrogen-bond acceptors (Lipinski definition) is 3. The summed E-state index contributed by atoms with van der Waals surface area (Å²) in [4.78, 5) is 4.49. The van der Waals surface area contributed by atoms with Gasteiger partial charge in [0.1, 0.15) is 0 Å². The molecule has 0 spiro atoms. The van der Waals surface area contributed by atoms with Gasteiger partial charge in [-0.3, -0.25) is 0 Å². The summed E-state index contributed by atoms with van der Waals surface area (Å²) < 4.78 is 5.41. The normalized spacial score (nSPS) is 10.8. The molecule has 4 rings (SSSR count). The molecule has 0 aliphatic carbocycles. The molecule has 0 atom stereocenters. The van der Waals surface area contributed by atoms with Crippen LogP contribution >= 0.6 is 11.6 Å². The second-order valence-corrected chi connectivity index (χ2v) is 6.20. The van der Waals surface area contributed by atoms with Gasteiger partial charge < -0.3 is 4.52 Å². The molecule has 0 aliphatic rings. The topological polar surface area (TPSA) is 38.9 Å². The molecule has 0 saturated carbocycles. The number of benzene rings is 3. The van der Waals surface area contributed by atoms with Crippen molar-refractivity contribution >= 4 is 11.6 Å². The molecule has 0 unspecified atom stereocenters. The number of nitrogens with zero attached hydrogens (tertiary/aromatic N) is 2. The van der Waals surface area contributed by atoms with E-state index in [1.54, 1.807) is 0 Å². The van der Waals surface area contributed by atoms with Gasteiger partial charge in [0.05, 0.1) is 0 Å². The van der Waals surface area contributed by atoms with Crippen LogP contribution in [-0.4, -0.2) is 10.1 Å². The zero-order valence-corrected chi connectivity index (χ0v) is 14.1. The molecule has 4 aromatic rings. The summed E-state index contributed by atoms with van der Waals surface area (Å²) in [5.74, 6) is 1.19. The Bertz CT molecular complexity index is 961. The summed E-state index contributed by atoms with van der Waals surface area (Å²) in [5, 5.41) is 4.79. The highest BCUT2D eigenvalue weighted by molar-refractivity contribution is 6.30. The van der Waals surface area contributed by atoms with Crippen molar-refractivity contribution < 1.29 is 4.52 Å². The van der Waals surface area contributed by atoms with Gasteiger partial charge in [-0.2, -0.15) is 4.98 Å². The van der Waals surface area contributed by atoms with E-state index < -0.39 is 0 Å². The fourth-order valence-electron chi connectivity index (χ4n) is 2.66. The Morgan fingerprint density at radius 2 is 1.36 bits per heavy atom. The van der Waals surface area contributed by atoms with Crippen LogP contribution in [0.15, 0.2) is 83.4 Å². The molecule has 122 valence electrons. The average molecular weight is 347 g/mol. The van der Waals surface area contributed by atoms with Gasteiger partial charge in [-0.05, 0) is 41.0 Å². The Hall–Kier alpha value is -2.91. The van der Waals surface area contributed by atoms with Gasteiger partial charge in [-0.15, -0.1) is 0 Å². The predicted octanol–water partition coefficient (Wildman–Crippen LogP) is 5.65. The average Bonchev–Trinajstić information content (AvgIpc) is 3.13. The highest BCUT2D eigenvalue weighted by Crippen LogP contribution is 2.24. The molecule has 0 saturated heterocycles. The van der Waals surface area contributed by atoms with Crippen molar-refractivity contribution in [1.29, 1.82) is 0 Å². The van der Waals surface area contributed by atoms with Crippen LogP contribution < -0.4 is 0 Å². The Labute approximate surface area is 150 Å². The van der Waals surface area contributed by atoms with Crippen molar-refractivity contribution in [3.63, 3.8) is 0 Å². The maximum absolute atomic E-state index is 5.91. The maximum Gasteiger partial charge on any atom is 0.257 e. The van der Waals surface area contributed by atoms with Crippen molar-refractivity contribution in [1.82, 2.24) is 10.1 Å². The van der Waals surface area contributed by atoms with Gasteiger partial charge in [0.2, 0.25) is 0 Å². The zero-order chi connectivity index (χ0) is 17.1.